The van der Waals surface area contributed by atoms with E-state index in [9.17, 15) is 9.59 Å². The SMILES string of the molecule is COc1ccc2c3c1OC1C(=O)CC[C@@H]4[C@H](C2)N(C(=O)C2CCC2)CC[C@@]314. The molecule has 1 saturated heterocycles. The number of amides is 1. The maximum atomic E-state index is 13.1. The molecular formula is C22H25NO4. The Hall–Kier alpha value is -2.04. The molecule has 5 nitrogen and oxygen atoms in total. The number of benzene rings is 1. The molecule has 6 rings (SSSR count). The first-order valence-electron chi connectivity index (χ1n) is 10.4. The van der Waals surface area contributed by atoms with Gasteiger partial charge in [0.2, 0.25) is 5.91 Å². The van der Waals surface area contributed by atoms with Crippen LogP contribution >= 0.6 is 0 Å². The molecule has 2 aliphatic heterocycles. The lowest BCUT2D eigenvalue weighted by Gasteiger charge is -2.58. The van der Waals surface area contributed by atoms with Crippen molar-refractivity contribution in [3.05, 3.63) is 23.3 Å². The van der Waals surface area contributed by atoms with Gasteiger partial charge in [0.05, 0.1) is 12.5 Å². The summed E-state index contributed by atoms with van der Waals surface area (Å²) in [6, 6.07) is 4.30. The molecule has 3 aliphatic carbocycles. The first kappa shape index (κ1) is 16.0. The lowest BCUT2D eigenvalue weighted by atomic mass is 9.51. The van der Waals surface area contributed by atoms with Crippen LogP contribution in [0.4, 0.5) is 0 Å². The van der Waals surface area contributed by atoms with E-state index in [0.717, 1.165) is 50.1 Å². The highest BCUT2D eigenvalue weighted by molar-refractivity contribution is 5.89. The van der Waals surface area contributed by atoms with Gasteiger partial charge < -0.3 is 14.4 Å². The molecule has 0 N–H and O–H groups in total. The first-order chi connectivity index (χ1) is 13.1. The van der Waals surface area contributed by atoms with E-state index < -0.39 is 6.10 Å². The average Bonchev–Trinajstić information content (AvgIpc) is 2.96. The molecule has 1 amide bonds. The largest absolute Gasteiger partial charge is 0.493 e. The lowest BCUT2D eigenvalue weighted by Crippen LogP contribution is -2.67. The van der Waals surface area contributed by atoms with Gasteiger partial charge in [-0.2, -0.15) is 0 Å². The van der Waals surface area contributed by atoms with E-state index in [1.54, 1.807) is 7.11 Å². The number of Topliss-reactive ketones (excluding diaryl/α,β-unsaturated/α-hetero) is 1. The molecule has 0 aromatic heterocycles. The van der Waals surface area contributed by atoms with E-state index in [2.05, 4.69) is 11.0 Å². The van der Waals surface area contributed by atoms with E-state index in [1.807, 2.05) is 6.07 Å². The second-order valence-corrected chi connectivity index (χ2v) is 8.96. The topological polar surface area (TPSA) is 55.8 Å². The van der Waals surface area contributed by atoms with Gasteiger partial charge >= 0.3 is 0 Å². The molecule has 142 valence electrons. The normalized spacial score (nSPS) is 36.0. The lowest BCUT2D eigenvalue weighted by molar-refractivity contribution is -0.153. The van der Waals surface area contributed by atoms with E-state index in [4.69, 9.17) is 9.47 Å². The summed E-state index contributed by atoms with van der Waals surface area (Å²) in [7, 11) is 1.66. The van der Waals surface area contributed by atoms with Crippen molar-refractivity contribution < 1.29 is 19.1 Å². The number of piperidine rings is 1. The van der Waals surface area contributed by atoms with Crippen molar-refractivity contribution in [1.29, 1.82) is 0 Å². The molecule has 2 heterocycles. The summed E-state index contributed by atoms with van der Waals surface area (Å²) in [5, 5.41) is 0. The van der Waals surface area contributed by atoms with Gasteiger partial charge in [-0.15, -0.1) is 0 Å². The molecule has 5 heteroatoms. The molecule has 1 unspecified atom stereocenters. The molecule has 3 fully saturated rings. The van der Waals surface area contributed by atoms with Crippen molar-refractivity contribution in [3.8, 4) is 11.5 Å². The highest BCUT2D eigenvalue weighted by atomic mass is 16.5. The first-order valence-corrected chi connectivity index (χ1v) is 10.4. The number of carbonyl (C=O) groups excluding carboxylic acids is 2. The Morgan fingerprint density at radius 1 is 1.30 bits per heavy atom. The molecule has 2 saturated carbocycles. The number of hydrogen-bond acceptors (Lipinski definition) is 4. The molecule has 1 spiro atoms. The van der Waals surface area contributed by atoms with Crippen molar-refractivity contribution in [1.82, 2.24) is 4.90 Å². The molecule has 27 heavy (non-hydrogen) atoms. The van der Waals surface area contributed by atoms with Crippen molar-refractivity contribution in [3.63, 3.8) is 0 Å². The number of hydrogen-bond donors (Lipinski definition) is 0. The van der Waals surface area contributed by atoms with Crippen LogP contribution < -0.4 is 9.47 Å². The summed E-state index contributed by atoms with van der Waals surface area (Å²) in [5.74, 6) is 2.64. The third-order valence-corrected chi connectivity index (χ3v) is 8.05. The Balaban J connectivity index is 1.50. The average molecular weight is 367 g/mol. The van der Waals surface area contributed by atoms with Crippen LogP contribution in [0.25, 0.3) is 0 Å². The Labute approximate surface area is 159 Å². The molecule has 4 atom stereocenters. The second kappa shape index (κ2) is 5.27. The fourth-order valence-electron chi connectivity index (χ4n) is 6.64. The zero-order valence-electron chi connectivity index (χ0n) is 15.7. The fourth-order valence-corrected chi connectivity index (χ4v) is 6.64. The molecular weight excluding hydrogens is 342 g/mol. The van der Waals surface area contributed by atoms with Crippen LogP contribution in [0.5, 0.6) is 11.5 Å². The van der Waals surface area contributed by atoms with Gasteiger partial charge in [0.25, 0.3) is 0 Å². The van der Waals surface area contributed by atoms with Crippen molar-refractivity contribution in [2.24, 2.45) is 11.8 Å². The minimum atomic E-state index is -0.398. The molecule has 2 bridgehead atoms. The smallest absolute Gasteiger partial charge is 0.225 e. The van der Waals surface area contributed by atoms with Gasteiger partial charge in [-0.25, -0.2) is 0 Å². The van der Waals surface area contributed by atoms with E-state index in [1.165, 1.54) is 17.5 Å². The summed E-state index contributed by atoms with van der Waals surface area (Å²) < 4.78 is 11.9. The highest BCUT2D eigenvalue weighted by Gasteiger charge is 2.66. The van der Waals surface area contributed by atoms with Crippen molar-refractivity contribution >= 4 is 11.7 Å². The van der Waals surface area contributed by atoms with Crippen LogP contribution in [-0.2, 0) is 21.4 Å². The van der Waals surface area contributed by atoms with Crippen LogP contribution in [-0.4, -0.2) is 42.4 Å². The van der Waals surface area contributed by atoms with Gasteiger partial charge in [-0.3, -0.25) is 9.59 Å². The van der Waals surface area contributed by atoms with Crippen molar-refractivity contribution in [2.45, 2.75) is 62.5 Å². The second-order valence-electron chi connectivity index (χ2n) is 8.96. The van der Waals surface area contributed by atoms with E-state index in [0.29, 0.717) is 18.2 Å². The van der Waals surface area contributed by atoms with Crippen molar-refractivity contribution in [2.75, 3.05) is 13.7 Å². The van der Waals surface area contributed by atoms with Gasteiger partial charge in [0, 0.05) is 30.5 Å². The Kier molecular flexibility index (Phi) is 3.12. The standard InChI is InChI=1S/C22H25NO4/c1-26-17-8-5-13-11-15-14-6-7-16(24)20-22(14,18(13)19(17)27-20)9-10-23(15)21(25)12-3-2-4-12/h5,8,12,14-15,20H,2-4,6-7,9-11H2,1H3/t14-,15+,20?,22-/m1/s1. The van der Waals surface area contributed by atoms with Crippen LogP contribution in [0.15, 0.2) is 12.1 Å². The number of carbonyl (C=O) groups is 2. The summed E-state index contributed by atoms with van der Waals surface area (Å²) in [6.07, 6.45) is 6.00. The Bertz CT molecular complexity index is 860. The zero-order valence-corrected chi connectivity index (χ0v) is 15.7. The monoisotopic (exact) mass is 367 g/mol. The predicted octanol–water partition coefficient (Wildman–Crippen LogP) is 2.63. The van der Waals surface area contributed by atoms with Crippen LogP contribution in [0.2, 0.25) is 0 Å². The minimum absolute atomic E-state index is 0.206. The zero-order chi connectivity index (χ0) is 18.3. The summed E-state index contributed by atoms with van der Waals surface area (Å²) >= 11 is 0. The fraction of sp³-hybridized carbons (Fsp3) is 0.636. The minimum Gasteiger partial charge on any atom is -0.493 e. The van der Waals surface area contributed by atoms with E-state index in [-0.39, 0.29) is 23.2 Å². The maximum absolute atomic E-state index is 13.1. The third-order valence-electron chi connectivity index (χ3n) is 8.05. The Morgan fingerprint density at radius 3 is 2.89 bits per heavy atom. The van der Waals surface area contributed by atoms with Crippen LogP contribution in [0, 0.1) is 11.8 Å². The highest BCUT2D eigenvalue weighted by Crippen LogP contribution is 2.63. The molecule has 0 radical (unpaired) electrons. The number of likely N-dealkylation sites (tertiary alicyclic amines) is 1. The van der Waals surface area contributed by atoms with E-state index >= 15 is 0 Å². The van der Waals surface area contributed by atoms with Crippen LogP contribution in [0.1, 0.15) is 49.7 Å². The number of ketones is 1. The quantitative estimate of drug-likeness (QED) is 0.806. The van der Waals surface area contributed by atoms with Crippen LogP contribution in [0.3, 0.4) is 0 Å². The number of nitrogens with zero attached hydrogens (tertiary/aromatic N) is 1. The maximum Gasteiger partial charge on any atom is 0.225 e. The van der Waals surface area contributed by atoms with Gasteiger partial charge in [-0.05, 0) is 49.7 Å². The number of rotatable bonds is 2. The number of methoxy groups -OCH3 is 1. The van der Waals surface area contributed by atoms with Gasteiger partial charge in [0.15, 0.2) is 23.4 Å². The molecule has 1 aromatic rings. The molecule has 1 aromatic carbocycles. The Morgan fingerprint density at radius 2 is 2.15 bits per heavy atom. The van der Waals surface area contributed by atoms with Gasteiger partial charge in [-0.1, -0.05) is 12.5 Å². The molecule has 5 aliphatic rings. The predicted molar refractivity (Wildman–Crippen MR) is 98.0 cm³/mol. The summed E-state index contributed by atoms with van der Waals surface area (Å²) in [6.45, 7) is 0.750. The number of ether oxygens (including phenoxy) is 2. The third kappa shape index (κ3) is 1.81. The summed E-state index contributed by atoms with van der Waals surface area (Å²) in [5.41, 5.74) is 2.21. The van der Waals surface area contributed by atoms with Gasteiger partial charge in [0.1, 0.15) is 0 Å². The summed E-state index contributed by atoms with van der Waals surface area (Å²) in [4.78, 5) is 28.2.